The fourth-order valence-corrected chi connectivity index (χ4v) is 3.24. The molecule has 1 saturated heterocycles. The number of anilines is 1. The molecule has 0 spiro atoms. The molecule has 1 fully saturated rings. The summed E-state index contributed by atoms with van der Waals surface area (Å²) in [6.45, 7) is 2.76. The van der Waals surface area contributed by atoms with Crippen molar-refractivity contribution in [3.8, 4) is 17.0 Å². The summed E-state index contributed by atoms with van der Waals surface area (Å²) in [6.07, 6.45) is 1.51. The molecule has 3 heterocycles. The van der Waals surface area contributed by atoms with Crippen LogP contribution >= 0.6 is 0 Å². The van der Waals surface area contributed by atoms with Gasteiger partial charge in [0, 0.05) is 23.4 Å². The van der Waals surface area contributed by atoms with E-state index in [2.05, 4.69) is 20.4 Å². The average molecular weight is 379 g/mol. The molecule has 0 amide bonds. The molecule has 0 saturated carbocycles. The molecular formula is C20H21N5O3. The SMILES string of the molecule is COc1cccc(-c2ccc(=O)n(C3COCC3Nc3cc(C)ncn3)n2)c1. The first kappa shape index (κ1) is 18.1. The number of aromatic nitrogens is 4. The second kappa shape index (κ2) is 7.77. The lowest BCUT2D eigenvalue weighted by Gasteiger charge is -2.21. The third kappa shape index (κ3) is 3.72. The normalized spacial score (nSPS) is 18.8. The molecule has 1 aromatic carbocycles. The Morgan fingerprint density at radius 2 is 2.07 bits per heavy atom. The number of hydrogen-bond acceptors (Lipinski definition) is 7. The van der Waals surface area contributed by atoms with Crippen LogP contribution in [0.15, 0.2) is 53.6 Å². The van der Waals surface area contributed by atoms with Gasteiger partial charge in [-0.05, 0) is 25.1 Å². The van der Waals surface area contributed by atoms with Crippen molar-refractivity contribution in [1.29, 1.82) is 0 Å². The lowest BCUT2D eigenvalue weighted by Crippen LogP contribution is -2.37. The van der Waals surface area contributed by atoms with E-state index in [1.54, 1.807) is 13.2 Å². The van der Waals surface area contributed by atoms with E-state index in [4.69, 9.17) is 9.47 Å². The van der Waals surface area contributed by atoms with Gasteiger partial charge in [-0.2, -0.15) is 5.10 Å². The number of hydrogen-bond donors (Lipinski definition) is 1. The maximum absolute atomic E-state index is 12.5. The van der Waals surface area contributed by atoms with Gasteiger partial charge in [0.2, 0.25) is 0 Å². The lowest BCUT2D eigenvalue weighted by atomic mass is 10.1. The number of benzene rings is 1. The smallest absolute Gasteiger partial charge is 0.267 e. The first-order valence-electron chi connectivity index (χ1n) is 9.01. The molecule has 0 radical (unpaired) electrons. The van der Waals surface area contributed by atoms with Crippen molar-refractivity contribution in [2.45, 2.75) is 19.0 Å². The van der Waals surface area contributed by atoms with Gasteiger partial charge in [-0.3, -0.25) is 4.79 Å². The molecule has 2 aromatic heterocycles. The minimum absolute atomic E-state index is 0.125. The number of nitrogens with one attached hydrogen (secondary N) is 1. The summed E-state index contributed by atoms with van der Waals surface area (Å²) in [7, 11) is 1.62. The Balaban J connectivity index is 1.64. The molecule has 3 aromatic rings. The topological polar surface area (TPSA) is 91.2 Å². The van der Waals surface area contributed by atoms with Crippen molar-refractivity contribution < 1.29 is 9.47 Å². The van der Waals surface area contributed by atoms with Crippen LogP contribution in [0.1, 0.15) is 11.7 Å². The fourth-order valence-electron chi connectivity index (χ4n) is 3.24. The molecule has 4 rings (SSSR count). The zero-order valence-electron chi connectivity index (χ0n) is 15.7. The maximum atomic E-state index is 12.5. The summed E-state index contributed by atoms with van der Waals surface area (Å²) in [4.78, 5) is 20.9. The first-order chi connectivity index (χ1) is 13.6. The maximum Gasteiger partial charge on any atom is 0.267 e. The Morgan fingerprint density at radius 3 is 2.89 bits per heavy atom. The number of rotatable bonds is 5. The number of methoxy groups -OCH3 is 1. The zero-order chi connectivity index (χ0) is 19.5. The van der Waals surface area contributed by atoms with Gasteiger partial charge in [-0.25, -0.2) is 14.6 Å². The van der Waals surface area contributed by atoms with Crippen LogP contribution in [0.5, 0.6) is 5.75 Å². The number of nitrogens with zero attached hydrogens (tertiary/aromatic N) is 4. The molecule has 0 aliphatic carbocycles. The van der Waals surface area contributed by atoms with Crippen LogP contribution in [0.25, 0.3) is 11.3 Å². The van der Waals surface area contributed by atoms with E-state index in [9.17, 15) is 4.79 Å². The number of aryl methyl sites for hydroxylation is 1. The minimum atomic E-state index is -0.242. The molecular weight excluding hydrogens is 358 g/mol. The minimum Gasteiger partial charge on any atom is -0.497 e. The zero-order valence-corrected chi connectivity index (χ0v) is 15.7. The van der Waals surface area contributed by atoms with E-state index < -0.39 is 0 Å². The first-order valence-corrected chi connectivity index (χ1v) is 9.01. The predicted molar refractivity (Wildman–Crippen MR) is 105 cm³/mol. The lowest BCUT2D eigenvalue weighted by molar-refractivity contribution is 0.183. The van der Waals surface area contributed by atoms with Crippen molar-refractivity contribution in [2.75, 3.05) is 25.6 Å². The summed E-state index contributed by atoms with van der Waals surface area (Å²) < 4.78 is 12.4. The van der Waals surface area contributed by atoms with E-state index in [-0.39, 0.29) is 17.6 Å². The Kier molecular flexibility index (Phi) is 5.03. The van der Waals surface area contributed by atoms with E-state index in [0.29, 0.717) is 24.7 Å². The van der Waals surface area contributed by atoms with Crippen LogP contribution in [0.3, 0.4) is 0 Å². The van der Waals surface area contributed by atoms with Gasteiger partial charge in [0.1, 0.15) is 23.9 Å². The largest absolute Gasteiger partial charge is 0.497 e. The van der Waals surface area contributed by atoms with Crippen LogP contribution in [-0.2, 0) is 4.74 Å². The molecule has 2 atom stereocenters. The molecule has 28 heavy (non-hydrogen) atoms. The summed E-state index contributed by atoms with van der Waals surface area (Å²) in [5, 5.41) is 7.94. The van der Waals surface area contributed by atoms with Gasteiger partial charge in [0.05, 0.1) is 32.1 Å². The van der Waals surface area contributed by atoms with Crippen LogP contribution in [0.2, 0.25) is 0 Å². The highest BCUT2D eigenvalue weighted by Crippen LogP contribution is 2.24. The quantitative estimate of drug-likeness (QED) is 0.726. The highest BCUT2D eigenvalue weighted by Gasteiger charge is 2.31. The fraction of sp³-hybridized carbons (Fsp3) is 0.300. The molecule has 144 valence electrons. The average Bonchev–Trinajstić information content (AvgIpc) is 3.16. The Labute approximate surface area is 162 Å². The van der Waals surface area contributed by atoms with Crippen LogP contribution in [-0.4, -0.2) is 46.1 Å². The van der Waals surface area contributed by atoms with Gasteiger partial charge in [-0.15, -0.1) is 0 Å². The molecule has 0 bridgehead atoms. The third-order valence-electron chi connectivity index (χ3n) is 4.69. The third-order valence-corrected chi connectivity index (χ3v) is 4.69. The second-order valence-corrected chi connectivity index (χ2v) is 6.63. The molecule has 8 nitrogen and oxygen atoms in total. The Hall–Kier alpha value is -3.26. The van der Waals surface area contributed by atoms with Crippen molar-refractivity contribution >= 4 is 5.82 Å². The molecule has 2 unspecified atom stereocenters. The number of ether oxygens (including phenoxy) is 2. The molecule has 1 aliphatic heterocycles. The summed E-state index contributed by atoms with van der Waals surface area (Å²) in [5.74, 6) is 1.44. The van der Waals surface area contributed by atoms with Crippen LogP contribution in [0.4, 0.5) is 5.82 Å². The van der Waals surface area contributed by atoms with Gasteiger partial charge >= 0.3 is 0 Å². The molecule has 1 aliphatic rings. The summed E-state index contributed by atoms with van der Waals surface area (Å²) in [6, 6.07) is 12.3. The van der Waals surface area contributed by atoms with Crippen molar-refractivity contribution in [3.63, 3.8) is 0 Å². The van der Waals surface area contributed by atoms with Gasteiger partial charge < -0.3 is 14.8 Å². The highest BCUT2D eigenvalue weighted by atomic mass is 16.5. The molecule has 1 N–H and O–H groups in total. The van der Waals surface area contributed by atoms with Gasteiger partial charge in [0.15, 0.2) is 0 Å². The second-order valence-electron chi connectivity index (χ2n) is 6.63. The van der Waals surface area contributed by atoms with Crippen molar-refractivity contribution in [3.05, 3.63) is 64.8 Å². The standard InChI is InChI=1S/C20H21N5O3/c1-13-8-19(22-12-21-13)23-17-10-28-11-18(17)25-20(26)7-6-16(24-25)14-4-3-5-15(9-14)27-2/h3-9,12,17-18H,10-11H2,1-2H3,(H,21,22,23). The van der Waals surface area contributed by atoms with Crippen LogP contribution in [0, 0.1) is 6.92 Å². The summed E-state index contributed by atoms with van der Waals surface area (Å²) in [5.41, 5.74) is 2.26. The van der Waals surface area contributed by atoms with E-state index in [0.717, 1.165) is 17.0 Å². The van der Waals surface area contributed by atoms with Gasteiger partial charge in [-0.1, -0.05) is 12.1 Å². The van der Waals surface area contributed by atoms with Crippen LogP contribution < -0.4 is 15.6 Å². The predicted octanol–water partition coefficient (Wildman–Crippen LogP) is 2.07. The highest BCUT2D eigenvalue weighted by molar-refractivity contribution is 5.60. The van der Waals surface area contributed by atoms with E-state index in [1.807, 2.05) is 37.3 Å². The Morgan fingerprint density at radius 1 is 1.18 bits per heavy atom. The monoisotopic (exact) mass is 379 g/mol. The Bertz CT molecular complexity index is 1040. The van der Waals surface area contributed by atoms with Crippen molar-refractivity contribution in [2.24, 2.45) is 0 Å². The summed E-state index contributed by atoms with van der Waals surface area (Å²) >= 11 is 0. The van der Waals surface area contributed by atoms with E-state index in [1.165, 1.54) is 17.1 Å². The van der Waals surface area contributed by atoms with Crippen molar-refractivity contribution in [1.82, 2.24) is 19.7 Å². The van der Waals surface area contributed by atoms with E-state index >= 15 is 0 Å². The van der Waals surface area contributed by atoms with Gasteiger partial charge in [0.25, 0.3) is 5.56 Å². The molecule has 8 heteroatoms.